The predicted octanol–water partition coefficient (Wildman–Crippen LogP) is -0.0548. The first-order valence-corrected chi connectivity index (χ1v) is 6.68. The molecular formula is C14H12N2O5. The smallest absolute Gasteiger partial charge is 0.273 e. The van der Waals surface area contributed by atoms with Crippen molar-refractivity contribution < 1.29 is 14.3 Å². The fourth-order valence-electron chi connectivity index (χ4n) is 2.93. The van der Waals surface area contributed by atoms with E-state index in [1.54, 1.807) is 24.3 Å². The van der Waals surface area contributed by atoms with Crippen LogP contribution >= 0.6 is 0 Å². The van der Waals surface area contributed by atoms with Crippen LogP contribution in [0.5, 0.6) is 0 Å². The van der Waals surface area contributed by atoms with Gasteiger partial charge in [0, 0.05) is 6.42 Å². The molecule has 0 amide bonds. The predicted molar refractivity (Wildman–Crippen MR) is 72.1 cm³/mol. The summed E-state index contributed by atoms with van der Waals surface area (Å²) >= 11 is 0. The summed E-state index contributed by atoms with van der Waals surface area (Å²) in [6, 6.07) is 6.05. The Bertz CT molecular complexity index is 852. The van der Waals surface area contributed by atoms with Gasteiger partial charge in [-0.1, -0.05) is 12.1 Å². The van der Waals surface area contributed by atoms with Crippen LogP contribution in [0.4, 0.5) is 0 Å². The zero-order valence-corrected chi connectivity index (χ0v) is 10.9. The van der Waals surface area contributed by atoms with Crippen LogP contribution in [0.2, 0.25) is 0 Å². The second-order valence-electron chi connectivity index (χ2n) is 5.24. The Labute approximate surface area is 118 Å². The zero-order valence-electron chi connectivity index (χ0n) is 10.9. The summed E-state index contributed by atoms with van der Waals surface area (Å²) in [7, 11) is 0. The van der Waals surface area contributed by atoms with Gasteiger partial charge in [0.1, 0.15) is 6.10 Å². The molecule has 0 saturated carbocycles. The Morgan fingerprint density at radius 3 is 2.71 bits per heavy atom. The maximum absolute atomic E-state index is 12.5. The Morgan fingerprint density at radius 2 is 1.90 bits per heavy atom. The van der Waals surface area contributed by atoms with Gasteiger partial charge in [-0.05, 0) is 12.1 Å². The van der Waals surface area contributed by atoms with E-state index in [1.807, 2.05) is 0 Å². The van der Waals surface area contributed by atoms with Gasteiger partial charge in [0.15, 0.2) is 5.78 Å². The standard InChI is InChI=1S/C14H12N2O5/c17-10-5-9(11-6-20-14(10)21-11)16-13(19)8-4-2-1-3-7(8)12(18)15-16/h1-4,9,11,14H,5-6H2,(H,15,18)/t9-,11+,14+/m0/s1. The maximum atomic E-state index is 12.5. The van der Waals surface area contributed by atoms with Crippen molar-refractivity contribution in [1.82, 2.24) is 9.78 Å². The molecule has 0 unspecified atom stereocenters. The van der Waals surface area contributed by atoms with Crippen molar-refractivity contribution in [3.63, 3.8) is 0 Å². The fraction of sp³-hybridized carbons (Fsp3) is 0.357. The minimum atomic E-state index is -0.825. The Kier molecular flexibility index (Phi) is 2.60. The number of aromatic nitrogens is 2. The highest BCUT2D eigenvalue weighted by Gasteiger charge is 2.44. The van der Waals surface area contributed by atoms with E-state index < -0.39 is 18.4 Å². The fourth-order valence-corrected chi connectivity index (χ4v) is 2.93. The molecule has 2 aromatic rings. The zero-order chi connectivity index (χ0) is 14.6. The number of fused-ring (bicyclic) bond motifs is 3. The molecule has 2 bridgehead atoms. The largest absolute Gasteiger partial charge is 0.343 e. The van der Waals surface area contributed by atoms with Gasteiger partial charge in [0.2, 0.25) is 6.29 Å². The van der Waals surface area contributed by atoms with E-state index >= 15 is 0 Å². The molecule has 108 valence electrons. The molecule has 2 aliphatic rings. The number of carbonyl (C=O) groups is 1. The van der Waals surface area contributed by atoms with Crippen LogP contribution in [0.15, 0.2) is 33.9 Å². The van der Waals surface area contributed by atoms with E-state index in [-0.39, 0.29) is 29.9 Å². The number of H-pyrrole nitrogens is 1. The van der Waals surface area contributed by atoms with Crippen molar-refractivity contribution in [2.45, 2.75) is 24.9 Å². The summed E-state index contributed by atoms with van der Waals surface area (Å²) < 4.78 is 11.9. The molecule has 1 aromatic heterocycles. The number of Topliss-reactive ketones (excluding diaryl/α,β-unsaturated/α-hetero) is 1. The molecule has 7 nitrogen and oxygen atoms in total. The molecule has 3 atom stereocenters. The van der Waals surface area contributed by atoms with Crippen LogP contribution in [0.25, 0.3) is 10.8 Å². The summed E-state index contributed by atoms with van der Waals surface area (Å²) in [5.41, 5.74) is -0.698. The molecule has 3 heterocycles. The van der Waals surface area contributed by atoms with E-state index in [0.717, 1.165) is 0 Å². The van der Waals surface area contributed by atoms with Crippen LogP contribution in [-0.2, 0) is 14.3 Å². The highest BCUT2D eigenvalue weighted by Crippen LogP contribution is 2.31. The molecule has 0 spiro atoms. The average Bonchev–Trinajstić information content (AvgIpc) is 2.93. The Hall–Kier alpha value is -2.25. The lowest BCUT2D eigenvalue weighted by Crippen LogP contribution is -2.43. The highest BCUT2D eigenvalue weighted by atomic mass is 16.7. The van der Waals surface area contributed by atoms with Gasteiger partial charge >= 0.3 is 0 Å². The third-order valence-electron chi connectivity index (χ3n) is 3.99. The molecule has 1 N–H and O–H groups in total. The van der Waals surface area contributed by atoms with E-state index in [2.05, 4.69) is 5.10 Å². The van der Waals surface area contributed by atoms with Gasteiger partial charge in [-0.25, -0.2) is 4.68 Å². The van der Waals surface area contributed by atoms with Crippen molar-refractivity contribution in [1.29, 1.82) is 0 Å². The molecule has 2 fully saturated rings. The molecular weight excluding hydrogens is 276 g/mol. The van der Waals surface area contributed by atoms with Gasteiger partial charge in [-0.15, -0.1) is 0 Å². The SMILES string of the molecule is O=C1C[C@H](n2[nH]c(=O)c3ccccc3c2=O)[C@H]2CO[C@@H]1O2. The number of aromatic amines is 1. The maximum Gasteiger partial charge on any atom is 0.273 e. The number of carbonyl (C=O) groups excluding carboxylic acids is 1. The summed E-state index contributed by atoms with van der Waals surface area (Å²) in [5.74, 6) is -0.213. The molecule has 4 rings (SSSR count). The first kappa shape index (κ1) is 12.5. The van der Waals surface area contributed by atoms with E-state index in [4.69, 9.17) is 9.47 Å². The average molecular weight is 288 g/mol. The molecule has 21 heavy (non-hydrogen) atoms. The highest BCUT2D eigenvalue weighted by molar-refractivity contribution is 5.83. The lowest BCUT2D eigenvalue weighted by atomic mass is 10.0. The quantitative estimate of drug-likeness (QED) is 0.794. The van der Waals surface area contributed by atoms with E-state index in [1.165, 1.54) is 4.68 Å². The number of rotatable bonds is 1. The van der Waals surface area contributed by atoms with Gasteiger partial charge in [-0.3, -0.25) is 19.5 Å². The lowest BCUT2D eigenvalue weighted by molar-refractivity contribution is -0.156. The first-order chi connectivity index (χ1) is 10.1. The van der Waals surface area contributed by atoms with Crippen molar-refractivity contribution in [2.75, 3.05) is 6.61 Å². The molecule has 2 aliphatic heterocycles. The van der Waals surface area contributed by atoms with Gasteiger partial charge in [0.05, 0.1) is 23.4 Å². The molecule has 2 saturated heterocycles. The molecule has 1 aromatic carbocycles. The normalized spacial score (nSPS) is 28.2. The second-order valence-corrected chi connectivity index (χ2v) is 5.24. The number of nitrogens with zero attached hydrogens (tertiary/aromatic N) is 1. The molecule has 7 heteroatoms. The minimum Gasteiger partial charge on any atom is -0.343 e. The van der Waals surface area contributed by atoms with Crippen LogP contribution in [-0.4, -0.2) is 34.6 Å². The Morgan fingerprint density at radius 1 is 1.14 bits per heavy atom. The van der Waals surface area contributed by atoms with Crippen molar-refractivity contribution in [2.24, 2.45) is 0 Å². The van der Waals surface area contributed by atoms with Crippen molar-refractivity contribution in [3.8, 4) is 0 Å². The van der Waals surface area contributed by atoms with Crippen LogP contribution in [0, 0.1) is 0 Å². The monoisotopic (exact) mass is 288 g/mol. The van der Waals surface area contributed by atoms with Gasteiger partial charge in [-0.2, -0.15) is 0 Å². The summed E-state index contributed by atoms with van der Waals surface area (Å²) in [5, 5.41) is 3.22. The molecule has 0 radical (unpaired) electrons. The van der Waals surface area contributed by atoms with Gasteiger partial charge < -0.3 is 9.47 Å². The number of ketones is 1. The minimum absolute atomic E-state index is 0.115. The molecule has 0 aliphatic carbocycles. The number of hydrogen-bond acceptors (Lipinski definition) is 5. The third-order valence-corrected chi connectivity index (χ3v) is 3.99. The number of benzene rings is 1. The number of ether oxygens (including phenoxy) is 2. The summed E-state index contributed by atoms with van der Waals surface area (Å²) in [6.07, 6.45) is -1.11. The topological polar surface area (TPSA) is 90.4 Å². The van der Waals surface area contributed by atoms with Crippen LogP contribution < -0.4 is 11.1 Å². The van der Waals surface area contributed by atoms with Gasteiger partial charge in [0.25, 0.3) is 11.1 Å². The lowest BCUT2D eigenvalue weighted by Gasteiger charge is -2.27. The first-order valence-electron chi connectivity index (χ1n) is 6.68. The van der Waals surface area contributed by atoms with E-state index in [9.17, 15) is 14.4 Å². The van der Waals surface area contributed by atoms with E-state index in [0.29, 0.717) is 10.8 Å². The Balaban J connectivity index is 1.91. The third kappa shape index (κ3) is 1.78. The number of hydrogen-bond donors (Lipinski definition) is 1. The van der Waals surface area contributed by atoms with Crippen LogP contribution in [0.3, 0.4) is 0 Å². The second kappa shape index (κ2) is 4.37. The van der Waals surface area contributed by atoms with Crippen LogP contribution in [0.1, 0.15) is 12.5 Å². The number of nitrogens with one attached hydrogen (secondary N) is 1. The van der Waals surface area contributed by atoms with Crippen molar-refractivity contribution in [3.05, 3.63) is 45.0 Å². The summed E-state index contributed by atoms with van der Waals surface area (Å²) in [6.45, 7) is 0.238. The van der Waals surface area contributed by atoms with Crippen molar-refractivity contribution >= 4 is 16.6 Å². The summed E-state index contributed by atoms with van der Waals surface area (Å²) in [4.78, 5) is 36.5.